The molecule has 0 unspecified atom stereocenters. The van der Waals surface area contributed by atoms with E-state index < -0.39 is 11.8 Å². The number of aromatic amines is 1. The molecule has 0 aliphatic carbocycles. The molecule has 0 aliphatic heterocycles. The van der Waals surface area contributed by atoms with Crippen molar-refractivity contribution in [3.63, 3.8) is 0 Å². The van der Waals surface area contributed by atoms with Crippen molar-refractivity contribution in [3.05, 3.63) is 64.9 Å². The van der Waals surface area contributed by atoms with Crippen LogP contribution in [0.5, 0.6) is 0 Å². The van der Waals surface area contributed by atoms with Crippen LogP contribution in [0.15, 0.2) is 47.8 Å². The summed E-state index contributed by atoms with van der Waals surface area (Å²) in [5, 5.41) is 8.62. The number of hydrogen-bond acceptors (Lipinski definition) is 4. The lowest BCUT2D eigenvalue weighted by Gasteiger charge is -2.05. The third kappa shape index (κ3) is 3.85. The molecular weight excluding hydrogens is 331 g/mol. The lowest BCUT2D eigenvalue weighted by atomic mass is 10.1. The standard InChI is InChI=1S/C16H13FN4O2S/c17-11-5-3-10(4-6-11)8-15(22)20-21-16(23)13-9-12(18-19-13)14-2-1-7-24-14/h1-7,9H,8H2,(H,18,19)(H,20,22)(H,21,23). The van der Waals surface area contributed by atoms with Crippen LogP contribution in [0.1, 0.15) is 16.1 Å². The van der Waals surface area contributed by atoms with Crippen molar-refractivity contribution in [2.24, 2.45) is 0 Å². The minimum absolute atomic E-state index is 0.0293. The van der Waals surface area contributed by atoms with Gasteiger partial charge in [-0.2, -0.15) is 5.10 Å². The van der Waals surface area contributed by atoms with Gasteiger partial charge < -0.3 is 0 Å². The molecule has 2 heterocycles. The molecule has 0 spiro atoms. The predicted octanol–water partition coefficient (Wildman–Crippen LogP) is 2.28. The molecule has 0 saturated heterocycles. The zero-order valence-corrected chi connectivity index (χ0v) is 13.2. The summed E-state index contributed by atoms with van der Waals surface area (Å²) in [5.74, 6) is -1.31. The van der Waals surface area contributed by atoms with E-state index in [1.54, 1.807) is 6.07 Å². The molecule has 0 fully saturated rings. The Morgan fingerprint density at radius 1 is 1.17 bits per heavy atom. The van der Waals surface area contributed by atoms with Gasteiger partial charge in [-0.1, -0.05) is 18.2 Å². The highest BCUT2D eigenvalue weighted by Gasteiger charge is 2.13. The summed E-state index contributed by atoms with van der Waals surface area (Å²) in [4.78, 5) is 24.7. The number of nitrogens with zero attached hydrogens (tertiary/aromatic N) is 1. The number of aromatic nitrogens is 2. The van der Waals surface area contributed by atoms with Crippen molar-refractivity contribution in [1.29, 1.82) is 0 Å². The first-order valence-corrected chi connectivity index (χ1v) is 7.93. The molecule has 0 radical (unpaired) electrons. The molecular formula is C16H13FN4O2S. The van der Waals surface area contributed by atoms with E-state index in [1.165, 1.54) is 35.6 Å². The van der Waals surface area contributed by atoms with Gasteiger partial charge in [0, 0.05) is 0 Å². The van der Waals surface area contributed by atoms with Crippen molar-refractivity contribution in [2.75, 3.05) is 0 Å². The Balaban J connectivity index is 1.53. The Kier molecular flexibility index (Phi) is 4.66. The van der Waals surface area contributed by atoms with E-state index >= 15 is 0 Å². The maximum atomic E-state index is 12.8. The number of hydrazine groups is 1. The monoisotopic (exact) mass is 344 g/mol. The lowest BCUT2D eigenvalue weighted by molar-refractivity contribution is -0.121. The zero-order chi connectivity index (χ0) is 16.9. The maximum Gasteiger partial charge on any atom is 0.290 e. The molecule has 3 aromatic rings. The quantitative estimate of drug-likeness (QED) is 0.635. The van der Waals surface area contributed by atoms with E-state index in [9.17, 15) is 14.0 Å². The van der Waals surface area contributed by atoms with Crippen LogP contribution in [0, 0.1) is 5.82 Å². The predicted molar refractivity (Wildman–Crippen MR) is 87.6 cm³/mol. The van der Waals surface area contributed by atoms with Crippen LogP contribution in [-0.4, -0.2) is 22.0 Å². The summed E-state index contributed by atoms with van der Waals surface area (Å²) < 4.78 is 12.8. The molecule has 122 valence electrons. The van der Waals surface area contributed by atoms with Crippen molar-refractivity contribution >= 4 is 23.2 Å². The first-order valence-electron chi connectivity index (χ1n) is 7.05. The van der Waals surface area contributed by atoms with Crippen molar-refractivity contribution in [2.45, 2.75) is 6.42 Å². The summed E-state index contributed by atoms with van der Waals surface area (Å²) in [6.45, 7) is 0. The Morgan fingerprint density at radius 2 is 1.96 bits per heavy atom. The smallest absolute Gasteiger partial charge is 0.276 e. The summed E-state index contributed by atoms with van der Waals surface area (Å²) in [6.07, 6.45) is 0.0293. The average molecular weight is 344 g/mol. The number of benzene rings is 1. The molecule has 0 atom stereocenters. The maximum absolute atomic E-state index is 12.8. The number of amides is 2. The third-order valence-corrected chi connectivity index (χ3v) is 4.09. The van der Waals surface area contributed by atoms with E-state index in [1.807, 2.05) is 17.5 Å². The van der Waals surface area contributed by atoms with Crippen molar-refractivity contribution in [1.82, 2.24) is 21.0 Å². The van der Waals surface area contributed by atoms with Gasteiger partial charge in [0.1, 0.15) is 5.82 Å². The van der Waals surface area contributed by atoms with Gasteiger partial charge in [-0.15, -0.1) is 11.3 Å². The number of nitrogens with one attached hydrogen (secondary N) is 3. The second-order valence-electron chi connectivity index (χ2n) is 4.95. The number of carbonyl (C=O) groups excluding carboxylic acids is 2. The fourth-order valence-electron chi connectivity index (χ4n) is 2.02. The van der Waals surface area contributed by atoms with Crippen LogP contribution in [-0.2, 0) is 11.2 Å². The molecule has 0 aliphatic rings. The fourth-order valence-corrected chi connectivity index (χ4v) is 2.71. The second kappa shape index (κ2) is 7.05. The van der Waals surface area contributed by atoms with Gasteiger partial charge >= 0.3 is 0 Å². The fraction of sp³-hybridized carbons (Fsp3) is 0.0625. The number of thiophene rings is 1. The van der Waals surface area contributed by atoms with E-state index in [0.717, 1.165) is 10.6 Å². The number of halogens is 1. The Morgan fingerprint density at radius 3 is 2.67 bits per heavy atom. The average Bonchev–Trinajstić information content (AvgIpc) is 3.25. The zero-order valence-electron chi connectivity index (χ0n) is 12.4. The highest BCUT2D eigenvalue weighted by molar-refractivity contribution is 7.13. The second-order valence-corrected chi connectivity index (χ2v) is 5.90. The summed E-state index contributed by atoms with van der Waals surface area (Å²) in [5.41, 5.74) is 6.14. The molecule has 3 N–H and O–H groups in total. The van der Waals surface area contributed by atoms with Crippen molar-refractivity contribution < 1.29 is 14.0 Å². The molecule has 1 aromatic carbocycles. The topological polar surface area (TPSA) is 86.9 Å². The number of H-pyrrole nitrogens is 1. The van der Waals surface area contributed by atoms with Crippen LogP contribution in [0.25, 0.3) is 10.6 Å². The number of carbonyl (C=O) groups is 2. The minimum atomic E-state index is -0.526. The van der Waals surface area contributed by atoms with Gasteiger partial charge in [0.15, 0.2) is 5.69 Å². The Hall–Kier alpha value is -3.00. The normalized spacial score (nSPS) is 10.4. The molecule has 3 rings (SSSR count). The summed E-state index contributed by atoms with van der Waals surface area (Å²) >= 11 is 1.52. The van der Waals surface area contributed by atoms with Gasteiger partial charge in [-0.05, 0) is 35.2 Å². The molecule has 24 heavy (non-hydrogen) atoms. The largest absolute Gasteiger partial charge is 0.290 e. The first kappa shape index (κ1) is 15.9. The molecule has 0 saturated carbocycles. The highest BCUT2D eigenvalue weighted by atomic mass is 32.1. The van der Waals surface area contributed by atoms with Crippen LogP contribution in [0.2, 0.25) is 0 Å². The number of rotatable bonds is 4. The van der Waals surface area contributed by atoms with Gasteiger partial charge in [0.2, 0.25) is 5.91 Å². The SMILES string of the molecule is O=C(Cc1ccc(F)cc1)NNC(=O)c1cc(-c2cccs2)[nH]n1. The Labute approximate surface area is 140 Å². The van der Waals surface area contributed by atoms with E-state index in [0.29, 0.717) is 5.56 Å². The van der Waals surface area contributed by atoms with Crippen molar-refractivity contribution in [3.8, 4) is 10.6 Å². The highest BCUT2D eigenvalue weighted by Crippen LogP contribution is 2.22. The molecule has 0 bridgehead atoms. The minimum Gasteiger partial charge on any atom is -0.276 e. The first-order chi connectivity index (χ1) is 11.6. The summed E-state index contributed by atoms with van der Waals surface area (Å²) in [6, 6.07) is 11.0. The molecule has 6 nitrogen and oxygen atoms in total. The van der Waals surface area contributed by atoms with E-state index in [-0.39, 0.29) is 17.9 Å². The third-order valence-electron chi connectivity index (χ3n) is 3.19. The molecule has 8 heteroatoms. The molecule has 2 amide bonds. The van der Waals surface area contributed by atoms with Crippen LogP contribution < -0.4 is 10.9 Å². The Bertz CT molecular complexity index is 843. The van der Waals surface area contributed by atoms with Gasteiger partial charge in [0.25, 0.3) is 5.91 Å². The lowest BCUT2D eigenvalue weighted by Crippen LogP contribution is -2.42. The van der Waals surface area contributed by atoms with Gasteiger partial charge in [-0.25, -0.2) is 4.39 Å². The van der Waals surface area contributed by atoms with Gasteiger partial charge in [-0.3, -0.25) is 25.5 Å². The summed E-state index contributed by atoms with van der Waals surface area (Å²) in [7, 11) is 0. The van der Waals surface area contributed by atoms with Gasteiger partial charge in [0.05, 0.1) is 17.0 Å². The number of hydrogen-bond donors (Lipinski definition) is 3. The van der Waals surface area contributed by atoms with E-state index in [2.05, 4.69) is 21.0 Å². The van der Waals surface area contributed by atoms with Crippen LogP contribution in [0.4, 0.5) is 4.39 Å². The van der Waals surface area contributed by atoms with Crippen LogP contribution in [0.3, 0.4) is 0 Å². The van der Waals surface area contributed by atoms with E-state index in [4.69, 9.17) is 0 Å². The van der Waals surface area contributed by atoms with Crippen LogP contribution >= 0.6 is 11.3 Å². The molecule has 2 aromatic heterocycles.